The van der Waals surface area contributed by atoms with Crippen LogP contribution in [0.25, 0.3) is 0 Å². The summed E-state index contributed by atoms with van der Waals surface area (Å²) in [5, 5.41) is 9.81. The van der Waals surface area contributed by atoms with Crippen molar-refractivity contribution in [2.75, 3.05) is 7.05 Å². The molecule has 0 aliphatic rings. The van der Waals surface area contributed by atoms with E-state index in [-0.39, 0.29) is 23.6 Å². The summed E-state index contributed by atoms with van der Waals surface area (Å²) in [6, 6.07) is 14.6. The number of carboxylic acid groups (broad SMARTS) is 1. The zero-order chi connectivity index (χ0) is 17.5. The van der Waals surface area contributed by atoms with Crippen molar-refractivity contribution in [1.82, 2.24) is 10.4 Å². The number of hydrogen-bond donors (Lipinski definition) is 2. The molecule has 7 nitrogen and oxygen atoms in total. The van der Waals surface area contributed by atoms with Crippen LogP contribution in [-0.4, -0.2) is 35.1 Å². The molecular weight excluding hydrogens is 312 g/mol. The fraction of sp³-hybridized carbons (Fsp3) is 0.118. The van der Waals surface area contributed by atoms with Crippen molar-refractivity contribution in [3.05, 3.63) is 65.7 Å². The quantitative estimate of drug-likeness (QED) is 0.838. The Morgan fingerprint density at radius 2 is 1.79 bits per heavy atom. The van der Waals surface area contributed by atoms with Gasteiger partial charge in [0, 0.05) is 7.05 Å². The highest BCUT2D eigenvalue weighted by molar-refractivity contribution is 5.88. The van der Waals surface area contributed by atoms with Crippen molar-refractivity contribution in [2.45, 2.75) is 6.42 Å². The fourth-order valence-corrected chi connectivity index (χ4v) is 1.92. The summed E-state index contributed by atoms with van der Waals surface area (Å²) in [4.78, 5) is 34.7. The Labute approximate surface area is 138 Å². The molecule has 0 atom stereocenters. The molecule has 2 N–H and O–H groups in total. The van der Waals surface area contributed by atoms with E-state index in [4.69, 9.17) is 9.84 Å². The van der Waals surface area contributed by atoms with Crippen LogP contribution in [0.4, 0.5) is 4.79 Å². The van der Waals surface area contributed by atoms with Gasteiger partial charge in [-0.1, -0.05) is 36.4 Å². The van der Waals surface area contributed by atoms with Gasteiger partial charge in [-0.25, -0.2) is 14.6 Å². The summed E-state index contributed by atoms with van der Waals surface area (Å²) in [5.74, 6) is -1.43. The lowest BCUT2D eigenvalue weighted by Gasteiger charge is -2.17. The predicted molar refractivity (Wildman–Crippen MR) is 85.5 cm³/mol. The molecule has 0 aromatic heterocycles. The molecule has 0 bridgehead atoms. The molecule has 0 saturated heterocycles. The molecule has 124 valence electrons. The minimum atomic E-state index is -1.13. The van der Waals surface area contributed by atoms with E-state index >= 15 is 0 Å². The fourth-order valence-electron chi connectivity index (χ4n) is 1.92. The van der Waals surface area contributed by atoms with E-state index in [0.717, 1.165) is 10.6 Å². The van der Waals surface area contributed by atoms with Crippen LogP contribution in [0.2, 0.25) is 0 Å². The number of hydrazine groups is 1. The molecule has 0 saturated carbocycles. The Bertz CT molecular complexity index is 746. The van der Waals surface area contributed by atoms with Gasteiger partial charge in [-0.3, -0.25) is 10.2 Å². The molecule has 2 rings (SSSR count). The van der Waals surface area contributed by atoms with Gasteiger partial charge in [-0.05, 0) is 23.8 Å². The summed E-state index contributed by atoms with van der Waals surface area (Å²) >= 11 is 0. The van der Waals surface area contributed by atoms with Crippen LogP contribution in [0.1, 0.15) is 15.9 Å². The van der Waals surface area contributed by atoms with Gasteiger partial charge in [-0.2, -0.15) is 0 Å². The van der Waals surface area contributed by atoms with Gasteiger partial charge in [-0.15, -0.1) is 0 Å². The van der Waals surface area contributed by atoms with Crippen molar-refractivity contribution in [3.8, 4) is 5.75 Å². The maximum absolute atomic E-state index is 11.9. The maximum Gasteiger partial charge on any atom is 0.433 e. The Morgan fingerprint density at radius 3 is 2.46 bits per heavy atom. The van der Waals surface area contributed by atoms with Gasteiger partial charge >= 0.3 is 12.1 Å². The molecule has 0 unspecified atom stereocenters. The van der Waals surface area contributed by atoms with E-state index in [2.05, 4.69) is 5.43 Å². The summed E-state index contributed by atoms with van der Waals surface area (Å²) in [5.41, 5.74) is 3.20. The number of amides is 2. The zero-order valence-corrected chi connectivity index (χ0v) is 12.9. The van der Waals surface area contributed by atoms with Gasteiger partial charge in [0.2, 0.25) is 5.91 Å². The highest BCUT2D eigenvalue weighted by Gasteiger charge is 2.15. The van der Waals surface area contributed by atoms with Crippen LogP contribution < -0.4 is 10.2 Å². The predicted octanol–water partition coefficient (Wildman–Crippen LogP) is 2.09. The Hall–Kier alpha value is -3.35. The third-order valence-corrected chi connectivity index (χ3v) is 3.06. The van der Waals surface area contributed by atoms with E-state index < -0.39 is 12.1 Å². The Kier molecular flexibility index (Phi) is 5.51. The molecule has 2 aromatic carbocycles. The lowest BCUT2D eigenvalue weighted by atomic mass is 10.1. The lowest BCUT2D eigenvalue weighted by molar-refractivity contribution is -0.124. The van der Waals surface area contributed by atoms with E-state index in [1.165, 1.54) is 31.3 Å². The van der Waals surface area contributed by atoms with Crippen LogP contribution in [0.5, 0.6) is 5.75 Å². The first-order valence-corrected chi connectivity index (χ1v) is 7.08. The standard InChI is InChI=1S/C17H16N2O5/c1-19(18-15(20)10-12-6-3-2-4-7-12)17(23)24-14-9-5-8-13(11-14)16(21)22/h2-9,11H,10H2,1H3,(H,18,20)(H,21,22). The molecule has 2 aromatic rings. The van der Waals surface area contributed by atoms with Gasteiger partial charge in [0.1, 0.15) is 5.75 Å². The molecule has 0 spiro atoms. The van der Waals surface area contributed by atoms with E-state index in [1.54, 1.807) is 12.1 Å². The minimum Gasteiger partial charge on any atom is -0.478 e. The SMILES string of the molecule is CN(NC(=O)Cc1ccccc1)C(=O)Oc1cccc(C(=O)O)c1. The van der Waals surface area contributed by atoms with Crippen LogP contribution in [0.15, 0.2) is 54.6 Å². The molecule has 0 fully saturated rings. The summed E-state index contributed by atoms with van der Waals surface area (Å²) in [6.07, 6.45) is -0.716. The second kappa shape index (κ2) is 7.77. The number of rotatable bonds is 4. The third-order valence-electron chi connectivity index (χ3n) is 3.06. The van der Waals surface area contributed by atoms with Crippen molar-refractivity contribution in [3.63, 3.8) is 0 Å². The number of nitrogens with zero attached hydrogens (tertiary/aromatic N) is 1. The number of carbonyl (C=O) groups excluding carboxylic acids is 2. The Morgan fingerprint density at radius 1 is 1.08 bits per heavy atom. The van der Waals surface area contributed by atoms with Gasteiger partial charge in [0.15, 0.2) is 0 Å². The Balaban J connectivity index is 1.91. The van der Waals surface area contributed by atoms with Gasteiger partial charge < -0.3 is 9.84 Å². The molecule has 0 aliphatic heterocycles. The van der Waals surface area contributed by atoms with Crippen molar-refractivity contribution in [1.29, 1.82) is 0 Å². The maximum atomic E-state index is 11.9. The summed E-state index contributed by atoms with van der Waals surface area (Å²) in [7, 11) is 1.34. The second-order valence-corrected chi connectivity index (χ2v) is 4.96. The number of ether oxygens (including phenoxy) is 1. The van der Waals surface area contributed by atoms with Gasteiger partial charge in [0.05, 0.1) is 12.0 Å². The van der Waals surface area contributed by atoms with Crippen molar-refractivity contribution in [2.24, 2.45) is 0 Å². The largest absolute Gasteiger partial charge is 0.478 e. The minimum absolute atomic E-state index is 0.00364. The number of carbonyl (C=O) groups is 3. The number of aromatic carboxylic acids is 1. The number of carboxylic acids is 1. The number of hydrogen-bond acceptors (Lipinski definition) is 4. The van der Waals surface area contributed by atoms with Crippen molar-refractivity contribution >= 4 is 18.0 Å². The lowest BCUT2D eigenvalue weighted by Crippen LogP contribution is -2.45. The molecule has 2 amide bonds. The van der Waals surface area contributed by atoms with Gasteiger partial charge in [0.25, 0.3) is 0 Å². The van der Waals surface area contributed by atoms with Crippen LogP contribution in [-0.2, 0) is 11.2 Å². The molecule has 0 heterocycles. The average Bonchev–Trinajstić information content (AvgIpc) is 2.55. The molecule has 0 radical (unpaired) electrons. The number of nitrogens with one attached hydrogen (secondary N) is 1. The molecule has 7 heteroatoms. The first-order chi connectivity index (χ1) is 11.5. The summed E-state index contributed by atoms with van der Waals surface area (Å²) < 4.78 is 5.03. The number of benzene rings is 2. The van der Waals surface area contributed by atoms with Crippen LogP contribution >= 0.6 is 0 Å². The highest BCUT2D eigenvalue weighted by Crippen LogP contribution is 2.14. The first-order valence-electron chi connectivity index (χ1n) is 7.08. The first kappa shape index (κ1) is 17.0. The van der Waals surface area contributed by atoms with Crippen LogP contribution in [0, 0.1) is 0 Å². The van der Waals surface area contributed by atoms with E-state index in [1.807, 2.05) is 18.2 Å². The topological polar surface area (TPSA) is 95.9 Å². The monoisotopic (exact) mass is 328 g/mol. The highest BCUT2D eigenvalue weighted by atomic mass is 16.6. The zero-order valence-electron chi connectivity index (χ0n) is 12.9. The normalized spacial score (nSPS) is 9.88. The average molecular weight is 328 g/mol. The van der Waals surface area contributed by atoms with Crippen molar-refractivity contribution < 1.29 is 24.2 Å². The molecule has 0 aliphatic carbocycles. The summed E-state index contributed by atoms with van der Waals surface area (Å²) in [6.45, 7) is 0. The van der Waals surface area contributed by atoms with Crippen LogP contribution in [0.3, 0.4) is 0 Å². The third kappa shape index (κ3) is 4.84. The molecule has 24 heavy (non-hydrogen) atoms. The van der Waals surface area contributed by atoms with E-state index in [9.17, 15) is 14.4 Å². The smallest absolute Gasteiger partial charge is 0.433 e. The molecular formula is C17H16N2O5. The second-order valence-electron chi connectivity index (χ2n) is 4.96. The van der Waals surface area contributed by atoms with E-state index in [0.29, 0.717) is 0 Å².